The van der Waals surface area contributed by atoms with Crippen LogP contribution in [0.5, 0.6) is 5.75 Å². The van der Waals surface area contributed by atoms with Crippen molar-refractivity contribution in [3.63, 3.8) is 0 Å². The molecule has 100 valence electrons. The molecule has 0 radical (unpaired) electrons. The summed E-state index contributed by atoms with van der Waals surface area (Å²) in [5.41, 5.74) is 8.07. The second-order valence-corrected chi connectivity index (χ2v) is 5.16. The smallest absolute Gasteiger partial charge is 0.122 e. The minimum absolute atomic E-state index is 0.655. The van der Waals surface area contributed by atoms with Gasteiger partial charge in [-0.1, -0.05) is 12.1 Å². The van der Waals surface area contributed by atoms with Gasteiger partial charge in [-0.05, 0) is 56.5 Å². The van der Waals surface area contributed by atoms with Crippen molar-refractivity contribution in [2.75, 3.05) is 26.2 Å². The summed E-state index contributed by atoms with van der Waals surface area (Å²) in [4.78, 5) is 0. The molecule has 1 aromatic rings. The fourth-order valence-corrected chi connectivity index (χ4v) is 2.47. The predicted molar refractivity (Wildman–Crippen MR) is 75.0 cm³/mol. The summed E-state index contributed by atoms with van der Waals surface area (Å²) in [6.07, 6.45) is 3.48. The van der Waals surface area contributed by atoms with Crippen LogP contribution in [-0.4, -0.2) is 26.2 Å². The molecule has 0 bridgehead atoms. The number of ether oxygens (including phenoxy) is 1. The Morgan fingerprint density at radius 2 is 2.33 bits per heavy atom. The average Bonchev–Trinajstić information content (AvgIpc) is 2.39. The molecule has 1 aromatic carbocycles. The Morgan fingerprint density at radius 1 is 1.44 bits per heavy atom. The lowest BCUT2D eigenvalue weighted by Crippen LogP contribution is -2.33. The normalized spacial score (nSPS) is 19.8. The molecule has 3 N–H and O–H groups in total. The van der Waals surface area contributed by atoms with Crippen LogP contribution < -0.4 is 15.8 Å². The molecular formula is C15H24N2O. The van der Waals surface area contributed by atoms with Crippen LogP contribution >= 0.6 is 0 Å². The van der Waals surface area contributed by atoms with Crippen LogP contribution in [0.3, 0.4) is 0 Å². The van der Waals surface area contributed by atoms with Crippen molar-refractivity contribution in [1.29, 1.82) is 0 Å². The molecule has 18 heavy (non-hydrogen) atoms. The van der Waals surface area contributed by atoms with E-state index in [4.69, 9.17) is 10.5 Å². The molecule has 2 rings (SSSR count). The van der Waals surface area contributed by atoms with Crippen molar-refractivity contribution in [2.45, 2.75) is 26.2 Å². The molecule has 1 heterocycles. The molecule has 1 fully saturated rings. The van der Waals surface area contributed by atoms with E-state index in [1.807, 2.05) is 0 Å². The van der Waals surface area contributed by atoms with Crippen molar-refractivity contribution in [1.82, 2.24) is 5.32 Å². The highest BCUT2D eigenvalue weighted by molar-refractivity contribution is 5.36. The maximum absolute atomic E-state index is 5.94. The van der Waals surface area contributed by atoms with E-state index in [2.05, 4.69) is 30.4 Å². The first kappa shape index (κ1) is 13.4. The number of benzene rings is 1. The molecule has 1 saturated heterocycles. The van der Waals surface area contributed by atoms with Crippen molar-refractivity contribution in [3.05, 3.63) is 29.3 Å². The highest BCUT2D eigenvalue weighted by Gasteiger charge is 2.13. The Bertz CT molecular complexity index is 373. The fraction of sp³-hybridized carbons (Fsp3) is 0.600. The van der Waals surface area contributed by atoms with Gasteiger partial charge in [-0.15, -0.1) is 0 Å². The molecule has 0 saturated carbocycles. The first-order valence-corrected chi connectivity index (χ1v) is 6.92. The Hall–Kier alpha value is -1.06. The highest BCUT2D eigenvalue weighted by Crippen LogP contribution is 2.21. The highest BCUT2D eigenvalue weighted by atomic mass is 16.5. The third-order valence-corrected chi connectivity index (χ3v) is 3.55. The van der Waals surface area contributed by atoms with Gasteiger partial charge in [0, 0.05) is 12.5 Å². The molecule has 3 nitrogen and oxygen atoms in total. The zero-order valence-electron chi connectivity index (χ0n) is 11.2. The monoisotopic (exact) mass is 248 g/mol. The quantitative estimate of drug-likeness (QED) is 0.836. The van der Waals surface area contributed by atoms with Gasteiger partial charge in [-0.2, -0.15) is 0 Å². The average molecular weight is 248 g/mol. The zero-order valence-corrected chi connectivity index (χ0v) is 11.2. The standard InChI is InChI=1S/C15H24N2O/c1-12-9-13(6-7-16)4-5-15(12)18-11-14-3-2-8-17-10-14/h4-5,9,14,17H,2-3,6-8,10-11,16H2,1H3. The van der Waals surface area contributed by atoms with Crippen LogP contribution in [0, 0.1) is 12.8 Å². The van der Waals surface area contributed by atoms with Crippen molar-refractivity contribution >= 4 is 0 Å². The summed E-state index contributed by atoms with van der Waals surface area (Å²) in [5, 5.41) is 3.42. The molecule has 1 aliphatic rings. The molecule has 0 amide bonds. The second-order valence-electron chi connectivity index (χ2n) is 5.16. The lowest BCUT2D eigenvalue weighted by molar-refractivity contribution is 0.217. The van der Waals surface area contributed by atoms with Crippen LogP contribution in [0.2, 0.25) is 0 Å². The zero-order chi connectivity index (χ0) is 12.8. The lowest BCUT2D eigenvalue weighted by atomic mass is 10.0. The van der Waals surface area contributed by atoms with E-state index in [0.717, 1.165) is 31.9 Å². The molecular weight excluding hydrogens is 224 g/mol. The summed E-state index contributed by atoms with van der Waals surface area (Å²) in [5.74, 6) is 1.67. The van der Waals surface area contributed by atoms with Crippen molar-refractivity contribution in [2.24, 2.45) is 11.7 Å². The first-order valence-electron chi connectivity index (χ1n) is 6.92. The van der Waals surface area contributed by atoms with Crippen molar-refractivity contribution < 1.29 is 4.74 Å². The number of hydrogen-bond donors (Lipinski definition) is 2. The number of nitrogens with one attached hydrogen (secondary N) is 1. The van der Waals surface area contributed by atoms with Crippen LogP contribution in [-0.2, 0) is 6.42 Å². The van der Waals surface area contributed by atoms with Gasteiger partial charge in [0.1, 0.15) is 5.75 Å². The fourth-order valence-electron chi connectivity index (χ4n) is 2.47. The van der Waals surface area contributed by atoms with E-state index < -0.39 is 0 Å². The van der Waals surface area contributed by atoms with E-state index in [1.165, 1.54) is 24.0 Å². The molecule has 1 atom stereocenters. The van der Waals surface area contributed by atoms with Gasteiger partial charge in [-0.25, -0.2) is 0 Å². The topological polar surface area (TPSA) is 47.3 Å². The molecule has 1 aliphatic heterocycles. The Morgan fingerprint density at radius 3 is 3.00 bits per heavy atom. The molecule has 1 unspecified atom stereocenters. The van der Waals surface area contributed by atoms with Crippen LogP contribution in [0.15, 0.2) is 18.2 Å². The van der Waals surface area contributed by atoms with Gasteiger partial charge in [0.25, 0.3) is 0 Å². The second kappa shape index (κ2) is 6.76. The predicted octanol–water partition coefficient (Wildman–Crippen LogP) is 1.87. The Kier molecular flexibility index (Phi) is 5.02. The van der Waals surface area contributed by atoms with E-state index in [-0.39, 0.29) is 0 Å². The number of rotatable bonds is 5. The third-order valence-electron chi connectivity index (χ3n) is 3.55. The summed E-state index contributed by atoms with van der Waals surface area (Å²) in [7, 11) is 0. The Balaban J connectivity index is 1.88. The number of piperidine rings is 1. The van der Waals surface area contributed by atoms with Crippen LogP contribution in [0.4, 0.5) is 0 Å². The van der Waals surface area contributed by atoms with Crippen LogP contribution in [0.25, 0.3) is 0 Å². The van der Waals surface area contributed by atoms with Gasteiger partial charge < -0.3 is 15.8 Å². The molecule has 0 aromatic heterocycles. The molecule has 0 spiro atoms. The maximum Gasteiger partial charge on any atom is 0.122 e. The van der Waals surface area contributed by atoms with Gasteiger partial charge in [0.05, 0.1) is 6.61 Å². The molecule has 3 heteroatoms. The SMILES string of the molecule is Cc1cc(CCN)ccc1OCC1CCCNC1. The largest absolute Gasteiger partial charge is 0.493 e. The minimum atomic E-state index is 0.655. The summed E-state index contributed by atoms with van der Waals surface area (Å²) >= 11 is 0. The summed E-state index contributed by atoms with van der Waals surface area (Å²) < 4.78 is 5.94. The van der Waals surface area contributed by atoms with E-state index in [9.17, 15) is 0 Å². The van der Waals surface area contributed by atoms with Crippen LogP contribution in [0.1, 0.15) is 24.0 Å². The van der Waals surface area contributed by atoms with Gasteiger partial charge in [-0.3, -0.25) is 0 Å². The lowest BCUT2D eigenvalue weighted by Gasteiger charge is -2.23. The number of aryl methyl sites for hydroxylation is 1. The van der Waals surface area contributed by atoms with Gasteiger partial charge in [0.2, 0.25) is 0 Å². The maximum atomic E-state index is 5.94. The van der Waals surface area contributed by atoms with Crippen molar-refractivity contribution in [3.8, 4) is 5.75 Å². The third kappa shape index (κ3) is 3.72. The summed E-state index contributed by atoms with van der Waals surface area (Å²) in [6.45, 7) is 5.87. The van der Waals surface area contributed by atoms with E-state index in [1.54, 1.807) is 0 Å². The van der Waals surface area contributed by atoms with E-state index >= 15 is 0 Å². The number of nitrogens with two attached hydrogens (primary N) is 1. The number of hydrogen-bond acceptors (Lipinski definition) is 3. The van der Waals surface area contributed by atoms with E-state index in [0.29, 0.717) is 12.5 Å². The first-order chi connectivity index (χ1) is 8.79. The minimum Gasteiger partial charge on any atom is -0.493 e. The summed E-state index contributed by atoms with van der Waals surface area (Å²) in [6, 6.07) is 6.38. The molecule has 0 aliphatic carbocycles. The van der Waals surface area contributed by atoms with Gasteiger partial charge >= 0.3 is 0 Å². The van der Waals surface area contributed by atoms with Gasteiger partial charge in [0.15, 0.2) is 0 Å². The Labute approximate surface area is 110 Å².